The van der Waals surface area contributed by atoms with E-state index in [1.807, 2.05) is 0 Å². The van der Waals surface area contributed by atoms with Gasteiger partial charge in [0.15, 0.2) is 0 Å². The highest BCUT2D eigenvalue weighted by molar-refractivity contribution is 5.76. The molecule has 4 nitrogen and oxygen atoms in total. The predicted octanol–water partition coefficient (Wildman–Crippen LogP) is 3.89. The normalized spacial score (nSPS) is 10.4. The lowest BCUT2D eigenvalue weighted by molar-refractivity contribution is -0.137. The van der Waals surface area contributed by atoms with Crippen LogP contribution in [0.3, 0.4) is 0 Å². The molecule has 0 rings (SSSR count). The van der Waals surface area contributed by atoms with E-state index in [0.29, 0.717) is 12.8 Å². The third-order valence-electron chi connectivity index (χ3n) is 3.40. The predicted molar refractivity (Wildman–Crippen MR) is 81.7 cm³/mol. The first-order valence-electron chi connectivity index (χ1n) is 8.15. The number of hydrogen-bond acceptors (Lipinski definition) is 2. The third kappa shape index (κ3) is 15.0. The quantitative estimate of drug-likeness (QED) is 0.476. The van der Waals surface area contributed by atoms with Gasteiger partial charge in [0.1, 0.15) is 0 Å². The molecular formula is C16H31NO3. The fourth-order valence-corrected chi connectivity index (χ4v) is 2.15. The van der Waals surface area contributed by atoms with Gasteiger partial charge in [0.05, 0.1) is 0 Å². The number of carboxylic acid groups (broad SMARTS) is 1. The van der Waals surface area contributed by atoms with E-state index < -0.39 is 5.97 Å². The summed E-state index contributed by atoms with van der Waals surface area (Å²) in [6.45, 7) is 2.96. The highest BCUT2D eigenvalue weighted by atomic mass is 16.4. The summed E-state index contributed by atoms with van der Waals surface area (Å²) < 4.78 is 0. The van der Waals surface area contributed by atoms with Gasteiger partial charge in [-0.15, -0.1) is 0 Å². The average molecular weight is 285 g/mol. The minimum atomic E-state index is -0.836. The molecule has 0 radical (unpaired) electrons. The molecule has 0 unspecified atom stereocenters. The van der Waals surface area contributed by atoms with Gasteiger partial charge in [-0.3, -0.25) is 9.59 Å². The lowest BCUT2D eigenvalue weighted by Gasteiger charge is -2.05. The van der Waals surface area contributed by atoms with E-state index in [9.17, 15) is 9.59 Å². The van der Waals surface area contributed by atoms with Gasteiger partial charge in [-0.1, -0.05) is 58.3 Å². The van der Waals surface area contributed by atoms with Crippen molar-refractivity contribution in [3.8, 4) is 0 Å². The van der Waals surface area contributed by atoms with Crippen LogP contribution in [0.15, 0.2) is 0 Å². The SMILES string of the molecule is CCCCCCCCCCCNC(=O)CCCC(=O)O. The van der Waals surface area contributed by atoms with Crippen LogP contribution in [0.2, 0.25) is 0 Å². The van der Waals surface area contributed by atoms with Gasteiger partial charge >= 0.3 is 5.97 Å². The van der Waals surface area contributed by atoms with Crippen LogP contribution in [0.5, 0.6) is 0 Å². The number of carboxylic acids is 1. The molecule has 2 N–H and O–H groups in total. The molecule has 0 aromatic heterocycles. The summed E-state index contributed by atoms with van der Waals surface area (Å²) in [4.78, 5) is 21.6. The van der Waals surface area contributed by atoms with E-state index in [2.05, 4.69) is 12.2 Å². The number of carbonyl (C=O) groups is 2. The Kier molecular flexibility index (Phi) is 13.6. The second kappa shape index (κ2) is 14.4. The van der Waals surface area contributed by atoms with Crippen molar-refractivity contribution in [2.45, 2.75) is 84.0 Å². The van der Waals surface area contributed by atoms with Crippen LogP contribution in [0.1, 0.15) is 84.0 Å². The summed E-state index contributed by atoms with van der Waals surface area (Å²) >= 11 is 0. The van der Waals surface area contributed by atoms with Crippen LogP contribution < -0.4 is 5.32 Å². The summed E-state index contributed by atoms with van der Waals surface area (Å²) in [6, 6.07) is 0. The number of nitrogens with one attached hydrogen (secondary N) is 1. The topological polar surface area (TPSA) is 66.4 Å². The van der Waals surface area contributed by atoms with Crippen LogP contribution in [-0.4, -0.2) is 23.5 Å². The second-order valence-electron chi connectivity index (χ2n) is 5.43. The van der Waals surface area contributed by atoms with Gasteiger partial charge in [-0.05, 0) is 12.8 Å². The molecular weight excluding hydrogens is 254 g/mol. The molecule has 0 aliphatic carbocycles. The zero-order valence-corrected chi connectivity index (χ0v) is 13.0. The molecule has 0 heterocycles. The highest BCUT2D eigenvalue weighted by Gasteiger charge is 2.02. The monoisotopic (exact) mass is 285 g/mol. The summed E-state index contributed by atoms with van der Waals surface area (Å²) in [7, 11) is 0. The Hall–Kier alpha value is -1.06. The standard InChI is InChI=1S/C16H31NO3/c1-2-3-4-5-6-7-8-9-10-14-17-15(18)12-11-13-16(19)20/h2-14H2,1H3,(H,17,18)(H,19,20). The Labute approximate surface area is 123 Å². The number of carbonyl (C=O) groups excluding carboxylic acids is 1. The molecule has 0 aromatic carbocycles. The summed E-state index contributed by atoms with van der Waals surface area (Å²) in [5.41, 5.74) is 0. The zero-order valence-electron chi connectivity index (χ0n) is 13.0. The van der Waals surface area contributed by atoms with Crippen molar-refractivity contribution in [3.63, 3.8) is 0 Å². The summed E-state index contributed by atoms with van der Waals surface area (Å²) in [6.07, 6.45) is 12.3. The first kappa shape index (κ1) is 18.9. The van der Waals surface area contributed by atoms with Gasteiger partial charge in [-0.2, -0.15) is 0 Å². The molecule has 1 amide bonds. The lowest BCUT2D eigenvalue weighted by atomic mass is 10.1. The molecule has 20 heavy (non-hydrogen) atoms. The first-order valence-corrected chi connectivity index (χ1v) is 8.15. The van der Waals surface area contributed by atoms with E-state index in [1.165, 1.54) is 51.4 Å². The largest absolute Gasteiger partial charge is 0.481 e. The third-order valence-corrected chi connectivity index (χ3v) is 3.40. The van der Waals surface area contributed by atoms with Crippen LogP contribution in [-0.2, 0) is 9.59 Å². The molecule has 0 aliphatic heterocycles. The van der Waals surface area contributed by atoms with E-state index in [0.717, 1.165) is 13.0 Å². The molecule has 0 atom stereocenters. The lowest BCUT2D eigenvalue weighted by Crippen LogP contribution is -2.24. The Morgan fingerprint density at radius 2 is 1.35 bits per heavy atom. The number of hydrogen-bond donors (Lipinski definition) is 2. The van der Waals surface area contributed by atoms with Crippen LogP contribution >= 0.6 is 0 Å². The number of amides is 1. The first-order chi connectivity index (χ1) is 9.66. The van der Waals surface area contributed by atoms with Crippen LogP contribution in [0.25, 0.3) is 0 Å². The molecule has 0 saturated heterocycles. The number of unbranched alkanes of at least 4 members (excludes halogenated alkanes) is 8. The molecule has 0 aliphatic rings. The molecule has 0 spiro atoms. The Balaban J connectivity index is 3.15. The summed E-state index contributed by atoms with van der Waals surface area (Å²) in [5, 5.41) is 11.3. The minimum Gasteiger partial charge on any atom is -0.481 e. The number of rotatable bonds is 14. The van der Waals surface area contributed by atoms with Gasteiger partial charge < -0.3 is 10.4 Å². The molecule has 0 saturated carbocycles. The van der Waals surface area contributed by atoms with Crippen molar-refractivity contribution in [1.82, 2.24) is 5.32 Å². The van der Waals surface area contributed by atoms with E-state index >= 15 is 0 Å². The molecule has 0 fully saturated rings. The van der Waals surface area contributed by atoms with Gasteiger partial charge in [-0.25, -0.2) is 0 Å². The van der Waals surface area contributed by atoms with E-state index in [1.54, 1.807) is 0 Å². The van der Waals surface area contributed by atoms with Gasteiger partial charge in [0, 0.05) is 19.4 Å². The van der Waals surface area contributed by atoms with E-state index in [-0.39, 0.29) is 12.3 Å². The molecule has 0 bridgehead atoms. The Morgan fingerprint density at radius 3 is 1.90 bits per heavy atom. The molecule has 0 aromatic rings. The fraction of sp³-hybridized carbons (Fsp3) is 0.875. The van der Waals surface area contributed by atoms with E-state index in [4.69, 9.17) is 5.11 Å². The maximum absolute atomic E-state index is 11.4. The smallest absolute Gasteiger partial charge is 0.303 e. The fourth-order valence-electron chi connectivity index (χ4n) is 2.15. The second-order valence-corrected chi connectivity index (χ2v) is 5.43. The average Bonchev–Trinajstić information content (AvgIpc) is 2.40. The zero-order chi connectivity index (χ0) is 15.1. The maximum Gasteiger partial charge on any atom is 0.303 e. The Morgan fingerprint density at radius 1 is 0.800 bits per heavy atom. The minimum absolute atomic E-state index is 0.0224. The van der Waals surface area contributed by atoms with Crippen molar-refractivity contribution < 1.29 is 14.7 Å². The number of aliphatic carboxylic acids is 1. The van der Waals surface area contributed by atoms with Crippen LogP contribution in [0, 0.1) is 0 Å². The van der Waals surface area contributed by atoms with Crippen molar-refractivity contribution >= 4 is 11.9 Å². The Bertz CT molecular complexity index is 254. The van der Waals surface area contributed by atoms with Crippen molar-refractivity contribution in [1.29, 1.82) is 0 Å². The highest BCUT2D eigenvalue weighted by Crippen LogP contribution is 2.09. The summed E-state index contributed by atoms with van der Waals surface area (Å²) in [5.74, 6) is -0.859. The molecule has 4 heteroatoms. The maximum atomic E-state index is 11.4. The van der Waals surface area contributed by atoms with Crippen molar-refractivity contribution in [2.24, 2.45) is 0 Å². The van der Waals surface area contributed by atoms with Crippen LogP contribution in [0.4, 0.5) is 0 Å². The van der Waals surface area contributed by atoms with Crippen molar-refractivity contribution in [2.75, 3.05) is 6.54 Å². The van der Waals surface area contributed by atoms with Crippen molar-refractivity contribution in [3.05, 3.63) is 0 Å². The van der Waals surface area contributed by atoms with Gasteiger partial charge in [0.2, 0.25) is 5.91 Å². The van der Waals surface area contributed by atoms with Gasteiger partial charge in [0.25, 0.3) is 0 Å². The molecule has 118 valence electrons.